The number of anilines is 1. The van der Waals surface area contributed by atoms with Gasteiger partial charge in [-0.1, -0.05) is 24.3 Å². The summed E-state index contributed by atoms with van der Waals surface area (Å²) in [5.41, 5.74) is 1.09. The Labute approximate surface area is 114 Å². The zero-order valence-corrected chi connectivity index (χ0v) is 10.3. The molecule has 1 aliphatic rings. The van der Waals surface area contributed by atoms with Crippen LogP contribution in [0.25, 0.3) is 0 Å². The normalized spacial score (nSPS) is 17.1. The van der Waals surface area contributed by atoms with Gasteiger partial charge in [0, 0.05) is 23.3 Å². The van der Waals surface area contributed by atoms with E-state index < -0.39 is 11.2 Å². The predicted molar refractivity (Wildman–Crippen MR) is 71.3 cm³/mol. The first-order chi connectivity index (χ1) is 9.59. The Morgan fingerprint density at radius 1 is 1.15 bits per heavy atom. The van der Waals surface area contributed by atoms with Crippen molar-refractivity contribution >= 4 is 17.3 Å². The highest BCUT2D eigenvalue weighted by Gasteiger charge is 2.36. The number of nitro benzene ring substituents is 1. The molecule has 1 atom stereocenters. The van der Waals surface area contributed by atoms with Crippen molar-refractivity contribution in [1.82, 2.24) is 0 Å². The van der Waals surface area contributed by atoms with Crippen LogP contribution in [0, 0.1) is 10.1 Å². The zero-order valence-electron chi connectivity index (χ0n) is 10.3. The second-order valence-electron chi connectivity index (χ2n) is 4.41. The Morgan fingerprint density at radius 3 is 2.60 bits per heavy atom. The summed E-state index contributed by atoms with van der Waals surface area (Å²) in [6, 6.07) is 12.4. The molecule has 6 heteroatoms. The molecule has 0 saturated heterocycles. The molecule has 1 N–H and O–H groups in total. The SMILES string of the molecule is O=C1c2ccccc2C(O)N1c1cccc([N+](=O)[O-])c1. The molecule has 1 heterocycles. The van der Waals surface area contributed by atoms with Crippen LogP contribution in [0.15, 0.2) is 48.5 Å². The summed E-state index contributed by atoms with van der Waals surface area (Å²) in [6.45, 7) is 0. The molecule has 0 aliphatic carbocycles. The summed E-state index contributed by atoms with van der Waals surface area (Å²) in [5.74, 6) is -0.367. The van der Waals surface area contributed by atoms with Gasteiger partial charge in [-0.25, -0.2) is 0 Å². The van der Waals surface area contributed by atoms with E-state index in [9.17, 15) is 20.0 Å². The Bertz CT molecular complexity index is 714. The standard InChI is InChI=1S/C14H10N2O4/c17-13-11-6-1-2-7-12(11)14(18)15(13)9-4-3-5-10(8-9)16(19)20/h1-8,13,17H. The summed E-state index contributed by atoms with van der Waals surface area (Å²) in [7, 11) is 0. The van der Waals surface area contributed by atoms with Gasteiger partial charge in [-0.3, -0.25) is 19.8 Å². The Morgan fingerprint density at radius 2 is 1.90 bits per heavy atom. The van der Waals surface area contributed by atoms with E-state index in [-0.39, 0.29) is 11.6 Å². The first-order valence-electron chi connectivity index (χ1n) is 5.94. The molecule has 0 radical (unpaired) electrons. The van der Waals surface area contributed by atoms with Crippen LogP contribution in [0.2, 0.25) is 0 Å². The van der Waals surface area contributed by atoms with Crippen LogP contribution >= 0.6 is 0 Å². The van der Waals surface area contributed by atoms with Gasteiger partial charge in [-0.15, -0.1) is 0 Å². The van der Waals surface area contributed by atoms with Gasteiger partial charge in [0.15, 0.2) is 6.23 Å². The van der Waals surface area contributed by atoms with E-state index >= 15 is 0 Å². The molecule has 0 saturated carbocycles. The van der Waals surface area contributed by atoms with Crippen LogP contribution in [0.1, 0.15) is 22.1 Å². The second kappa shape index (κ2) is 4.43. The lowest BCUT2D eigenvalue weighted by atomic mass is 10.1. The number of benzene rings is 2. The van der Waals surface area contributed by atoms with Crippen molar-refractivity contribution in [2.24, 2.45) is 0 Å². The molecule has 6 nitrogen and oxygen atoms in total. The molecule has 1 amide bonds. The lowest BCUT2D eigenvalue weighted by molar-refractivity contribution is -0.384. The third kappa shape index (κ3) is 1.74. The van der Waals surface area contributed by atoms with E-state index in [4.69, 9.17) is 0 Å². The monoisotopic (exact) mass is 270 g/mol. The molecule has 0 spiro atoms. The smallest absolute Gasteiger partial charge is 0.271 e. The summed E-state index contributed by atoms with van der Waals surface area (Å²) >= 11 is 0. The van der Waals surface area contributed by atoms with Crippen LogP contribution < -0.4 is 4.90 Å². The van der Waals surface area contributed by atoms with Gasteiger partial charge >= 0.3 is 0 Å². The number of aliphatic hydroxyl groups excluding tert-OH is 1. The molecular weight excluding hydrogens is 260 g/mol. The summed E-state index contributed by atoms with van der Waals surface area (Å²) in [4.78, 5) is 23.7. The van der Waals surface area contributed by atoms with Crippen molar-refractivity contribution in [3.63, 3.8) is 0 Å². The zero-order chi connectivity index (χ0) is 14.3. The summed E-state index contributed by atoms with van der Waals surface area (Å²) in [5, 5.41) is 21.0. The number of amides is 1. The highest BCUT2D eigenvalue weighted by molar-refractivity contribution is 6.10. The number of carbonyl (C=O) groups excluding carboxylic acids is 1. The van der Waals surface area contributed by atoms with Gasteiger partial charge in [0.1, 0.15) is 0 Å². The van der Waals surface area contributed by atoms with E-state index in [1.807, 2.05) is 0 Å². The minimum absolute atomic E-state index is 0.126. The highest BCUT2D eigenvalue weighted by Crippen LogP contribution is 2.36. The van der Waals surface area contributed by atoms with Crippen molar-refractivity contribution in [3.8, 4) is 0 Å². The number of nitro groups is 1. The number of rotatable bonds is 2. The third-order valence-electron chi connectivity index (χ3n) is 3.25. The van der Waals surface area contributed by atoms with E-state index in [2.05, 4.69) is 0 Å². The second-order valence-corrected chi connectivity index (χ2v) is 4.41. The van der Waals surface area contributed by atoms with Crippen LogP contribution in [0.3, 0.4) is 0 Å². The first kappa shape index (κ1) is 12.3. The van der Waals surface area contributed by atoms with Crippen LogP contribution in [-0.2, 0) is 0 Å². The molecule has 1 aliphatic heterocycles. The average molecular weight is 270 g/mol. The topological polar surface area (TPSA) is 83.7 Å². The minimum atomic E-state index is -1.12. The number of hydrogen-bond donors (Lipinski definition) is 1. The molecule has 0 fully saturated rings. The fourth-order valence-corrected chi connectivity index (χ4v) is 2.31. The van der Waals surface area contributed by atoms with Crippen LogP contribution in [-0.4, -0.2) is 15.9 Å². The summed E-state index contributed by atoms with van der Waals surface area (Å²) < 4.78 is 0. The van der Waals surface area contributed by atoms with E-state index in [0.717, 1.165) is 4.90 Å². The van der Waals surface area contributed by atoms with E-state index in [1.54, 1.807) is 30.3 Å². The predicted octanol–water partition coefficient (Wildman–Crippen LogP) is 2.25. The number of carbonyl (C=O) groups is 1. The van der Waals surface area contributed by atoms with Crippen molar-refractivity contribution in [1.29, 1.82) is 0 Å². The number of non-ortho nitro benzene ring substituents is 1. The van der Waals surface area contributed by atoms with Gasteiger partial charge < -0.3 is 5.11 Å². The summed E-state index contributed by atoms with van der Waals surface area (Å²) in [6.07, 6.45) is -1.12. The fraction of sp³-hybridized carbons (Fsp3) is 0.0714. The van der Waals surface area contributed by atoms with Gasteiger partial charge in [-0.2, -0.15) is 0 Å². The molecule has 3 rings (SSSR count). The maximum absolute atomic E-state index is 12.3. The Hall–Kier alpha value is -2.73. The first-order valence-corrected chi connectivity index (χ1v) is 5.94. The largest absolute Gasteiger partial charge is 0.369 e. The number of fused-ring (bicyclic) bond motifs is 1. The van der Waals surface area contributed by atoms with Gasteiger partial charge in [0.2, 0.25) is 0 Å². The molecular formula is C14H10N2O4. The van der Waals surface area contributed by atoms with Crippen molar-refractivity contribution < 1.29 is 14.8 Å². The lowest BCUT2D eigenvalue weighted by Gasteiger charge is -2.20. The quantitative estimate of drug-likeness (QED) is 0.670. The van der Waals surface area contributed by atoms with Crippen LogP contribution in [0.5, 0.6) is 0 Å². The molecule has 0 bridgehead atoms. The molecule has 100 valence electrons. The minimum Gasteiger partial charge on any atom is -0.369 e. The maximum atomic E-state index is 12.3. The fourth-order valence-electron chi connectivity index (χ4n) is 2.31. The molecule has 0 aromatic heterocycles. The van der Waals surface area contributed by atoms with E-state index in [0.29, 0.717) is 16.8 Å². The number of hydrogen-bond acceptors (Lipinski definition) is 4. The van der Waals surface area contributed by atoms with Crippen molar-refractivity contribution in [3.05, 3.63) is 69.8 Å². The van der Waals surface area contributed by atoms with Crippen LogP contribution in [0.4, 0.5) is 11.4 Å². The molecule has 20 heavy (non-hydrogen) atoms. The Kier molecular flexibility index (Phi) is 2.73. The molecule has 2 aromatic rings. The van der Waals surface area contributed by atoms with Gasteiger partial charge in [0.25, 0.3) is 11.6 Å². The molecule has 2 aromatic carbocycles. The average Bonchev–Trinajstić information content (AvgIpc) is 2.72. The number of aliphatic hydroxyl groups is 1. The molecule has 1 unspecified atom stereocenters. The lowest BCUT2D eigenvalue weighted by Crippen LogP contribution is -2.27. The van der Waals surface area contributed by atoms with E-state index in [1.165, 1.54) is 18.2 Å². The number of nitrogens with zero attached hydrogens (tertiary/aromatic N) is 2. The third-order valence-corrected chi connectivity index (χ3v) is 3.25. The Balaban J connectivity index is 2.07. The van der Waals surface area contributed by atoms with Gasteiger partial charge in [0.05, 0.1) is 10.6 Å². The maximum Gasteiger partial charge on any atom is 0.271 e. The van der Waals surface area contributed by atoms with Gasteiger partial charge in [-0.05, 0) is 12.1 Å². The van der Waals surface area contributed by atoms with Crippen molar-refractivity contribution in [2.75, 3.05) is 4.90 Å². The van der Waals surface area contributed by atoms with Crippen molar-refractivity contribution in [2.45, 2.75) is 6.23 Å². The highest BCUT2D eigenvalue weighted by atomic mass is 16.6.